The second-order valence-electron chi connectivity index (χ2n) is 16.7. The third kappa shape index (κ3) is 9.22. The van der Waals surface area contributed by atoms with E-state index < -0.39 is 0 Å². The van der Waals surface area contributed by atoms with E-state index in [9.17, 15) is 0 Å². The van der Waals surface area contributed by atoms with E-state index in [0.717, 1.165) is 47.8 Å². The summed E-state index contributed by atoms with van der Waals surface area (Å²) in [4.78, 5) is 5.00. The zero-order valence-corrected chi connectivity index (χ0v) is 37.9. The molecule has 11 heteroatoms. The molecule has 1 aliphatic carbocycles. The van der Waals surface area contributed by atoms with E-state index in [4.69, 9.17) is 11.6 Å². The minimum Gasteiger partial charge on any atom is -0.313 e. The maximum Gasteiger partial charge on any atom is 0.141 e. The van der Waals surface area contributed by atoms with Gasteiger partial charge in [0.1, 0.15) is 62.8 Å². The topological polar surface area (TPSA) is 6.48 Å². The molecule has 0 heterocycles. The molecule has 0 bridgehead atoms. The molecule has 1 atom stereocenters. The van der Waals surface area contributed by atoms with Gasteiger partial charge in [0.15, 0.2) is 0 Å². The van der Waals surface area contributed by atoms with E-state index in [2.05, 4.69) is 161 Å². The van der Waals surface area contributed by atoms with E-state index >= 15 is 0 Å². The summed E-state index contributed by atoms with van der Waals surface area (Å²) in [6.07, 6.45) is 14.0. The number of benzene rings is 4. The lowest BCUT2D eigenvalue weighted by Gasteiger charge is -2.36. The molecule has 1 unspecified atom stereocenters. The Bertz CT molecular complexity index is 2030. The van der Waals surface area contributed by atoms with Crippen LogP contribution in [0.2, 0.25) is 10.8 Å². The summed E-state index contributed by atoms with van der Waals surface area (Å²) in [5.74, 6) is 0.290. The van der Waals surface area contributed by atoms with Crippen molar-refractivity contribution in [3.63, 3.8) is 0 Å². The highest BCUT2D eigenvalue weighted by Crippen LogP contribution is 2.50. The molecule has 0 spiro atoms. The van der Waals surface area contributed by atoms with Gasteiger partial charge >= 0.3 is 0 Å². The summed E-state index contributed by atoms with van der Waals surface area (Å²) in [5, 5.41) is 0.775. The van der Waals surface area contributed by atoms with Gasteiger partial charge < -0.3 is 9.80 Å². The molecular weight excluding hydrogens is 690 g/mol. The lowest BCUT2D eigenvalue weighted by atomic mass is 9.65. The number of allylic oxidation sites excluding steroid dienone is 3. The Morgan fingerprint density at radius 3 is 1.45 bits per heavy atom. The molecule has 0 saturated heterocycles. The predicted molar refractivity (Wildman–Crippen MR) is 274 cm³/mol. The SMILES string of the molecule is BC1=C(CCCC)C(B)C(N(c2ccc(CCCC)cc2)c2cc(B)cc(N(c3ccc(CCCC)cc3)c3c(B)c(B)c(CCCC)c(B)c3B)c2Cl)=C1B. The van der Waals surface area contributed by atoms with Crippen LogP contribution in [-0.2, 0) is 19.3 Å². The number of halogens is 1. The molecule has 4 aromatic rings. The normalized spacial score (nSPS) is 14.2. The number of hydrogen-bond donors (Lipinski definition) is 0. The molecule has 0 N–H and O–H groups in total. The smallest absolute Gasteiger partial charge is 0.141 e. The maximum absolute atomic E-state index is 8.01. The highest BCUT2D eigenvalue weighted by Gasteiger charge is 2.33. The van der Waals surface area contributed by atoms with Crippen molar-refractivity contribution >= 4 is 130 Å². The van der Waals surface area contributed by atoms with Crippen LogP contribution in [-0.4, -0.2) is 62.8 Å². The number of unbranched alkanes of at least 4 members (excludes halogenated alkanes) is 4. The minimum absolute atomic E-state index is 0.290. The number of anilines is 5. The van der Waals surface area contributed by atoms with Gasteiger partial charge in [0.05, 0.1) is 16.4 Å². The zero-order chi connectivity index (χ0) is 40.7. The fourth-order valence-corrected chi connectivity index (χ4v) is 9.33. The Hall–Kier alpha value is -3.23. The largest absolute Gasteiger partial charge is 0.313 e. The first-order valence-corrected chi connectivity index (χ1v) is 22.4. The van der Waals surface area contributed by atoms with Crippen LogP contribution < -0.4 is 37.1 Å². The van der Waals surface area contributed by atoms with Gasteiger partial charge in [-0.15, -0.1) is 0 Å². The molecule has 2 nitrogen and oxygen atoms in total. The van der Waals surface area contributed by atoms with Gasteiger partial charge in [-0.1, -0.05) is 139 Å². The van der Waals surface area contributed by atoms with E-state index in [1.54, 1.807) is 5.57 Å². The maximum atomic E-state index is 8.01. The van der Waals surface area contributed by atoms with Crippen LogP contribution in [0.3, 0.4) is 0 Å². The van der Waals surface area contributed by atoms with Crippen LogP contribution in [0.1, 0.15) is 102 Å². The second kappa shape index (κ2) is 20.0. The molecule has 56 heavy (non-hydrogen) atoms. The Labute approximate surface area is 353 Å². The van der Waals surface area contributed by atoms with Gasteiger partial charge in [0, 0.05) is 22.8 Å². The second-order valence-corrected chi connectivity index (χ2v) is 17.1. The summed E-state index contributed by atoms with van der Waals surface area (Å²) in [7, 11) is 18.6. The Morgan fingerprint density at radius 1 is 0.536 bits per heavy atom. The van der Waals surface area contributed by atoms with E-state index in [0.29, 0.717) is 5.82 Å². The molecule has 4 aromatic carbocycles. The number of aryl methyl sites for hydroxylation is 2. The average molecular weight is 754 g/mol. The number of rotatable bonds is 18. The van der Waals surface area contributed by atoms with Crippen molar-refractivity contribution in [2.75, 3.05) is 9.80 Å². The molecule has 5 rings (SSSR count). The van der Waals surface area contributed by atoms with Gasteiger partial charge in [-0.3, -0.25) is 0 Å². The third-order valence-corrected chi connectivity index (χ3v) is 13.2. The van der Waals surface area contributed by atoms with Crippen molar-refractivity contribution in [3.05, 3.63) is 105 Å². The van der Waals surface area contributed by atoms with Crippen LogP contribution in [0.15, 0.2) is 82.9 Å². The highest BCUT2D eigenvalue weighted by atomic mass is 35.5. The fraction of sp³-hybridized carbons (Fsp3) is 0.378. The van der Waals surface area contributed by atoms with Crippen molar-refractivity contribution in [1.29, 1.82) is 0 Å². The first kappa shape index (κ1) is 43.9. The zero-order valence-electron chi connectivity index (χ0n) is 37.1. The lowest BCUT2D eigenvalue weighted by Crippen LogP contribution is -2.47. The molecule has 284 valence electrons. The van der Waals surface area contributed by atoms with Crippen molar-refractivity contribution in [1.82, 2.24) is 0 Å². The summed E-state index contributed by atoms with van der Waals surface area (Å²) >= 11 is 8.01. The summed E-state index contributed by atoms with van der Waals surface area (Å²) in [5.41, 5.74) is 22.3. The highest BCUT2D eigenvalue weighted by molar-refractivity contribution is 6.61. The van der Waals surface area contributed by atoms with Crippen LogP contribution in [0.5, 0.6) is 0 Å². The van der Waals surface area contributed by atoms with Gasteiger partial charge in [-0.25, -0.2) is 0 Å². The molecule has 0 radical (unpaired) electrons. The van der Waals surface area contributed by atoms with Crippen molar-refractivity contribution < 1.29 is 0 Å². The molecule has 1 aliphatic rings. The van der Waals surface area contributed by atoms with Gasteiger partial charge in [0.2, 0.25) is 0 Å². The summed E-state index contributed by atoms with van der Waals surface area (Å²) < 4.78 is 0. The minimum atomic E-state index is 0.290. The van der Waals surface area contributed by atoms with Crippen molar-refractivity contribution in [2.45, 2.75) is 111 Å². The van der Waals surface area contributed by atoms with Gasteiger partial charge in [0.25, 0.3) is 0 Å². The molecule has 0 fully saturated rings. The van der Waals surface area contributed by atoms with E-state index in [1.165, 1.54) is 123 Å². The Kier molecular flexibility index (Phi) is 15.6. The van der Waals surface area contributed by atoms with E-state index in [1.807, 2.05) is 0 Å². The standard InChI is InChI=1S/C45H63B8ClN2/c1-5-9-13-27-17-21-30(22-18-27)55(44-39(50)33(16-12-8-4)38(49)40(44)51)34-25-29(46)26-35(43(34)54)56(31-23-19-28(20-24-31)14-10-6-2)45-41(52)36(47)32(15-11-7-3)37(48)42(45)53/h17-26,39H,5-16,46-53H2,1-4H3. The van der Waals surface area contributed by atoms with Crippen LogP contribution in [0.4, 0.5) is 28.4 Å². The predicted octanol–water partition coefficient (Wildman–Crippen LogP) is 2.63. The first-order valence-electron chi connectivity index (χ1n) is 22.0. The average Bonchev–Trinajstić information content (AvgIpc) is 3.40. The quantitative estimate of drug-likeness (QED) is 0.145. The Morgan fingerprint density at radius 2 is 0.964 bits per heavy atom. The van der Waals surface area contributed by atoms with Crippen molar-refractivity contribution in [3.8, 4) is 0 Å². The summed E-state index contributed by atoms with van der Waals surface area (Å²) in [6, 6.07) is 23.3. The van der Waals surface area contributed by atoms with Crippen LogP contribution in [0.25, 0.3) is 0 Å². The molecule has 0 aliphatic heterocycles. The molecular formula is C45H63B8ClN2. The lowest BCUT2D eigenvalue weighted by molar-refractivity contribution is 0.771. The van der Waals surface area contributed by atoms with Crippen LogP contribution >= 0.6 is 11.6 Å². The molecule has 0 amide bonds. The first-order chi connectivity index (χ1) is 26.9. The van der Waals surface area contributed by atoms with Gasteiger partial charge in [-0.2, -0.15) is 0 Å². The van der Waals surface area contributed by atoms with Gasteiger partial charge in [-0.05, 0) is 105 Å². The molecule has 0 saturated carbocycles. The van der Waals surface area contributed by atoms with Crippen molar-refractivity contribution in [2.24, 2.45) is 0 Å². The third-order valence-electron chi connectivity index (χ3n) is 12.8. The number of hydrogen-bond acceptors (Lipinski definition) is 2. The summed E-state index contributed by atoms with van der Waals surface area (Å²) in [6.45, 7) is 9.13. The monoisotopic (exact) mass is 755 g/mol. The molecule has 0 aromatic heterocycles. The fourth-order valence-electron chi connectivity index (χ4n) is 9.05. The number of nitrogens with zero attached hydrogens (tertiary/aromatic N) is 2. The van der Waals surface area contributed by atoms with Crippen LogP contribution in [0, 0.1) is 0 Å². The Balaban J connectivity index is 1.79. The van der Waals surface area contributed by atoms with E-state index in [-0.39, 0.29) is 0 Å².